The van der Waals surface area contributed by atoms with Gasteiger partial charge in [0.2, 0.25) is 10.0 Å². The second-order valence-corrected chi connectivity index (χ2v) is 12.8. The third-order valence-corrected chi connectivity index (χ3v) is 9.17. The van der Waals surface area contributed by atoms with E-state index in [9.17, 15) is 13.2 Å². The van der Waals surface area contributed by atoms with E-state index in [0.717, 1.165) is 22.1 Å². The molecule has 0 saturated carbocycles. The maximum absolute atomic E-state index is 14.1. The molecule has 8 nitrogen and oxygen atoms in total. The molecule has 1 aliphatic carbocycles. The number of hydrogen-bond acceptors (Lipinski definition) is 6. The van der Waals surface area contributed by atoms with E-state index >= 15 is 0 Å². The van der Waals surface area contributed by atoms with Gasteiger partial charge in [-0.3, -0.25) is 4.79 Å². The van der Waals surface area contributed by atoms with Crippen molar-refractivity contribution in [1.82, 2.24) is 9.62 Å². The molecule has 1 heterocycles. The molecule has 0 aliphatic heterocycles. The Labute approximate surface area is 255 Å². The maximum Gasteiger partial charge on any atom is 0.290 e. The van der Waals surface area contributed by atoms with Crippen LogP contribution in [0, 0.1) is 0 Å². The van der Waals surface area contributed by atoms with Gasteiger partial charge in [0.15, 0.2) is 5.76 Å². The smallest absolute Gasteiger partial charge is 0.290 e. The number of furan rings is 1. The van der Waals surface area contributed by atoms with Gasteiger partial charge < -0.3 is 18.8 Å². The van der Waals surface area contributed by atoms with Gasteiger partial charge in [0.1, 0.15) is 17.9 Å². The molecule has 0 saturated heterocycles. The maximum atomic E-state index is 14.1. The van der Waals surface area contributed by atoms with Crippen molar-refractivity contribution in [3.63, 3.8) is 0 Å². The van der Waals surface area contributed by atoms with Crippen LogP contribution in [-0.4, -0.2) is 52.1 Å². The first-order valence-corrected chi connectivity index (χ1v) is 15.9. The Morgan fingerprint density at radius 3 is 2.55 bits per heavy atom. The fourth-order valence-corrected chi connectivity index (χ4v) is 6.70. The molecule has 0 fully saturated rings. The zero-order valence-electron chi connectivity index (χ0n) is 23.4. The van der Waals surface area contributed by atoms with Crippen molar-refractivity contribution in [3.8, 4) is 5.75 Å². The highest BCUT2D eigenvalue weighted by atomic mass is 35.5. The van der Waals surface area contributed by atoms with Crippen LogP contribution in [-0.2, 0) is 34.1 Å². The number of carbonyl (C=O) groups is 1. The summed E-state index contributed by atoms with van der Waals surface area (Å²) in [6.07, 6.45) is 1.72. The number of hydrogen-bond donors (Lipinski definition) is 1. The minimum Gasteiger partial charge on any atom is -0.491 e. The first kappa shape index (κ1) is 30.4. The van der Waals surface area contributed by atoms with E-state index < -0.39 is 10.0 Å². The van der Waals surface area contributed by atoms with Crippen LogP contribution >= 0.6 is 23.2 Å². The van der Waals surface area contributed by atoms with E-state index in [-0.39, 0.29) is 29.1 Å². The van der Waals surface area contributed by atoms with Crippen LogP contribution in [0.3, 0.4) is 0 Å². The summed E-state index contributed by atoms with van der Waals surface area (Å²) in [6.45, 7) is 3.21. The van der Waals surface area contributed by atoms with Crippen LogP contribution in [0.4, 0.5) is 0 Å². The number of rotatable bonds is 12. The highest BCUT2D eigenvalue weighted by molar-refractivity contribution is 7.89. The number of nitrogens with zero attached hydrogens (tertiary/aromatic N) is 1. The lowest BCUT2D eigenvalue weighted by Crippen LogP contribution is -2.40. The number of ether oxygens (including phenoxy) is 2. The number of halogens is 2. The SMILES string of the molecule is CCCNS(=O)(=O)c1ccc2c(c1)CC(N(Cc1cc(Cl)ccc1OCCOC)C(=O)c1cc3cc(Cl)ccc3o1)C2. The third-order valence-electron chi connectivity index (χ3n) is 7.24. The summed E-state index contributed by atoms with van der Waals surface area (Å²) in [6, 6.07) is 17.1. The van der Waals surface area contributed by atoms with Crippen LogP contribution in [0.5, 0.6) is 5.75 Å². The van der Waals surface area contributed by atoms with Crippen LogP contribution in [0.1, 0.15) is 40.6 Å². The van der Waals surface area contributed by atoms with Gasteiger partial charge in [-0.15, -0.1) is 0 Å². The number of fused-ring (bicyclic) bond motifs is 2. The molecule has 0 radical (unpaired) electrons. The van der Waals surface area contributed by atoms with E-state index in [4.69, 9.17) is 37.1 Å². The van der Waals surface area contributed by atoms with Crippen molar-refractivity contribution >= 4 is 50.1 Å². The molecule has 4 aromatic rings. The van der Waals surface area contributed by atoms with Gasteiger partial charge in [-0.25, -0.2) is 13.1 Å². The molecular weight excluding hydrogens is 599 g/mol. The Balaban J connectivity index is 1.49. The summed E-state index contributed by atoms with van der Waals surface area (Å²) in [7, 11) is -2.03. The van der Waals surface area contributed by atoms with Gasteiger partial charge in [0.05, 0.1) is 18.0 Å². The van der Waals surface area contributed by atoms with Gasteiger partial charge in [-0.2, -0.15) is 0 Å². The largest absolute Gasteiger partial charge is 0.491 e. The minimum atomic E-state index is -3.63. The number of benzene rings is 3. The van der Waals surface area contributed by atoms with Crippen molar-refractivity contribution in [2.45, 2.75) is 43.7 Å². The molecule has 1 amide bonds. The van der Waals surface area contributed by atoms with Crippen LogP contribution in [0.25, 0.3) is 11.0 Å². The van der Waals surface area contributed by atoms with E-state index in [1.165, 1.54) is 0 Å². The number of methoxy groups -OCH3 is 1. The molecule has 1 aliphatic rings. The Morgan fingerprint density at radius 1 is 1.00 bits per heavy atom. The van der Waals surface area contributed by atoms with Gasteiger partial charge >= 0.3 is 0 Å². The molecule has 0 bridgehead atoms. The Bertz CT molecular complexity index is 1710. The molecule has 1 aromatic heterocycles. The average Bonchev–Trinajstić information content (AvgIpc) is 3.59. The Hall–Kier alpha value is -3.08. The molecule has 1 atom stereocenters. The van der Waals surface area contributed by atoms with Crippen LogP contribution in [0.15, 0.2) is 70.0 Å². The minimum absolute atomic E-state index is 0.180. The van der Waals surface area contributed by atoms with Crippen molar-refractivity contribution in [1.29, 1.82) is 0 Å². The van der Waals surface area contributed by atoms with Gasteiger partial charge in [0, 0.05) is 40.7 Å². The Morgan fingerprint density at radius 2 is 1.76 bits per heavy atom. The normalized spacial score (nSPS) is 14.7. The lowest BCUT2D eigenvalue weighted by atomic mass is 10.1. The summed E-state index contributed by atoms with van der Waals surface area (Å²) in [5.74, 6) is 0.469. The quantitative estimate of drug-likeness (QED) is 0.185. The van der Waals surface area contributed by atoms with Gasteiger partial charge in [0.25, 0.3) is 5.91 Å². The van der Waals surface area contributed by atoms with Crippen LogP contribution < -0.4 is 9.46 Å². The summed E-state index contributed by atoms with van der Waals surface area (Å²) >= 11 is 12.5. The van der Waals surface area contributed by atoms with Crippen LogP contribution in [0.2, 0.25) is 10.0 Å². The van der Waals surface area contributed by atoms with E-state index in [1.54, 1.807) is 66.6 Å². The highest BCUT2D eigenvalue weighted by Crippen LogP contribution is 2.33. The van der Waals surface area contributed by atoms with Crippen molar-refractivity contribution in [2.75, 3.05) is 26.9 Å². The monoisotopic (exact) mass is 630 g/mol. The summed E-state index contributed by atoms with van der Waals surface area (Å²) in [5.41, 5.74) is 3.16. The molecule has 11 heteroatoms. The molecule has 1 N–H and O–H groups in total. The topological polar surface area (TPSA) is 98.1 Å². The van der Waals surface area contributed by atoms with E-state index in [0.29, 0.717) is 60.4 Å². The molecule has 42 heavy (non-hydrogen) atoms. The molecule has 1 unspecified atom stereocenters. The molecule has 222 valence electrons. The summed E-state index contributed by atoms with van der Waals surface area (Å²) < 4.78 is 45.3. The fourth-order valence-electron chi connectivity index (χ4n) is 5.14. The number of sulfonamides is 1. The lowest BCUT2D eigenvalue weighted by Gasteiger charge is -2.29. The van der Waals surface area contributed by atoms with E-state index in [2.05, 4.69) is 4.72 Å². The molecule has 3 aromatic carbocycles. The van der Waals surface area contributed by atoms with Crippen molar-refractivity contribution in [3.05, 3.63) is 93.2 Å². The van der Waals surface area contributed by atoms with Crippen molar-refractivity contribution in [2.24, 2.45) is 0 Å². The Kier molecular flexibility index (Phi) is 9.44. The summed E-state index contributed by atoms with van der Waals surface area (Å²) in [5, 5.41) is 1.78. The number of nitrogens with one attached hydrogen (secondary N) is 1. The number of amides is 1. The van der Waals surface area contributed by atoms with Gasteiger partial charge in [-0.05, 0) is 85.0 Å². The second kappa shape index (κ2) is 13.1. The standard InChI is InChI=1S/C31H32Cl2N2O6S/c1-3-10-34-42(37,38)27-7-4-20-15-26(16-21(20)17-27)35(19-23-14-25(33)5-8-28(23)40-12-11-39-2)31(36)30-18-22-13-24(32)6-9-29(22)41-30/h4-9,13-14,17-18,26,34H,3,10-12,15-16,19H2,1-2H3. The van der Waals surface area contributed by atoms with Gasteiger partial charge in [-0.1, -0.05) is 36.2 Å². The zero-order valence-corrected chi connectivity index (χ0v) is 25.7. The first-order valence-electron chi connectivity index (χ1n) is 13.7. The molecular formula is C31H32Cl2N2O6S. The number of carbonyl (C=O) groups excluding carboxylic acids is 1. The summed E-state index contributed by atoms with van der Waals surface area (Å²) in [4.78, 5) is 16.1. The predicted molar refractivity (Wildman–Crippen MR) is 163 cm³/mol. The average molecular weight is 632 g/mol. The second-order valence-electron chi connectivity index (χ2n) is 10.2. The van der Waals surface area contributed by atoms with E-state index in [1.807, 2.05) is 13.0 Å². The molecule has 5 rings (SSSR count). The fraction of sp³-hybridized carbons (Fsp3) is 0.323. The third kappa shape index (κ3) is 6.76. The van der Waals surface area contributed by atoms with Crippen molar-refractivity contribution < 1.29 is 27.1 Å². The lowest BCUT2D eigenvalue weighted by molar-refractivity contribution is 0.0634. The predicted octanol–water partition coefficient (Wildman–Crippen LogP) is 6.26. The first-order chi connectivity index (χ1) is 20.2. The molecule has 0 spiro atoms. The highest BCUT2D eigenvalue weighted by Gasteiger charge is 2.33. The zero-order chi connectivity index (χ0) is 29.9.